The van der Waals surface area contributed by atoms with Gasteiger partial charge in [0.1, 0.15) is 5.76 Å². The molecule has 1 aliphatic rings. The predicted molar refractivity (Wildman–Crippen MR) is 55.3 cm³/mol. The minimum Gasteiger partial charge on any atom is -0.467 e. The molecule has 0 amide bonds. The second kappa shape index (κ2) is 4.31. The number of rotatable bonds is 2. The van der Waals surface area contributed by atoms with Crippen LogP contribution in [0.4, 0.5) is 0 Å². The molecule has 1 aromatic heterocycles. The van der Waals surface area contributed by atoms with E-state index in [4.69, 9.17) is 9.83 Å². The molecule has 1 aromatic rings. The normalized spacial score (nSPS) is 18.3. The van der Waals surface area contributed by atoms with Gasteiger partial charge in [-0.05, 0) is 25.0 Å². The van der Waals surface area contributed by atoms with Gasteiger partial charge in [-0.15, -0.1) is 0 Å². The van der Waals surface area contributed by atoms with Crippen LogP contribution < -0.4 is 0 Å². The van der Waals surface area contributed by atoms with E-state index in [1.807, 2.05) is 12.1 Å². The number of hydrogen-bond donors (Lipinski definition) is 1. The van der Waals surface area contributed by atoms with Crippen molar-refractivity contribution in [3.63, 3.8) is 0 Å². The van der Waals surface area contributed by atoms with Crippen molar-refractivity contribution in [2.45, 2.75) is 32.2 Å². The molecule has 0 aliphatic carbocycles. The zero-order valence-electron chi connectivity index (χ0n) is 8.33. The average Bonchev–Trinajstić information content (AvgIpc) is 2.60. The second-order valence-corrected chi connectivity index (χ2v) is 3.76. The summed E-state index contributed by atoms with van der Waals surface area (Å²) in [7, 11) is 0. The summed E-state index contributed by atoms with van der Waals surface area (Å²) < 4.78 is 5.29. The third kappa shape index (κ3) is 2.16. The van der Waals surface area contributed by atoms with Gasteiger partial charge in [0.25, 0.3) is 0 Å². The van der Waals surface area contributed by atoms with Gasteiger partial charge in [0, 0.05) is 13.0 Å². The Balaban J connectivity index is 1.98. The molecule has 0 radical (unpaired) electrons. The smallest absolute Gasteiger partial charge is 0.123 e. The summed E-state index contributed by atoms with van der Waals surface area (Å²) in [6.07, 6.45) is 6.21. The summed E-state index contributed by atoms with van der Waals surface area (Å²) in [6.45, 7) is 1.76. The first kappa shape index (κ1) is 9.31. The summed E-state index contributed by atoms with van der Waals surface area (Å²) in [5.74, 6) is 1.72. The fourth-order valence-corrected chi connectivity index (χ4v) is 1.83. The van der Waals surface area contributed by atoms with E-state index in [2.05, 4.69) is 4.90 Å². The summed E-state index contributed by atoms with van der Waals surface area (Å²) in [5.41, 5.74) is 0. The van der Waals surface area contributed by atoms with Gasteiger partial charge in [0.05, 0.1) is 18.6 Å². The molecule has 2 heterocycles. The van der Waals surface area contributed by atoms with Crippen molar-refractivity contribution in [1.29, 1.82) is 5.41 Å². The van der Waals surface area contributed by atoms with E-state index >= 15 is 0 Å². The molecule has 14 heavy (non-hydrogen) atoms. The number of hydrogen-bond acceptors (Lipinski definition) is 2. The van der Waals surface area contributed by atoms with Gasteiger partial charge in [0.15, 0.2) is 0 Å². The molecule has 0 bridgehead atoms. The molecule has 0 atom stereocenters. The maximum atomic E-state index is 7.87. The van der Waals surface area contributed by atoms with Crippen LogP contribution in [0.2, 0.25) is 0 Å². The molecule has 3 heteroatoms. The minimum absolute atomic E-state index is 0.756. The molecule has 0 spiro atoms. The molecular weight excluding hydrogens is 176 g/mol. The zero-order valence-corrected chi connectivity index (χ0v) is 8.33. The van der Waals surface area contributed by atoms with Crippen molar-refractivity contribution in [2.75, 3.05) is 6.54 Å². The van der Waals surface area contributed by atoms with Gasteiger partial charge in [-0.1, -0.05) is 6.42 Å². The molecule has 2 rings (SSSR count). The summed E-state index contributed by atoms with van der Waals surface area (Å²) in [6, 6.07) is 3.87. The Morgan fingerprint density at radius 3 is 3.07 bits per heavy atom. The Hall–Kier alpha value is -1.25. The van der Waals surface area contributed by atoms with E-state index in [1.165, 1.54) is 12.8 Å². The van der Waals surface area contributed by atoms with E-state index in [0.717, 1.165) is 37.5 Å². The molecule has 1 aliphatic heterocycles. The van der Waals surface area contributed by atoms with Crippen LogP contribution in [0.15, 0.2) is 22.8 Å². The first-order valence-electron chi connectivity index (χ1n) is 5.21. The lowest BCUT2D eigenvalue weighted by Gasteiger charge is -2.21. The lowest BCUT2D eigenvalue weighted by Crippen LogP contribution is -2.28. The van der Waals surface area contributed by atoms with Crippen molar-refractivity contribution < 1.29 is 4.42 Å². The molecule has 3 nitrogen and oxygen atoms in total. The maximum Gasteiger partial charge on any atom is 0.123 e. The third-order valence-corrected chi connectivity index (χ3v) is 2.65. The van der Waals surface area contributed by atoms with Crippen LogP contribution in [-0.4, -0.2) is 17.3 Å². The summed E-state index contributed by atoms with van der Waals surface area (Å²) in [5, 5.41) is 7.87. The number of amidine groups is 1. The largest absolute Gasteiger partial charge is 0.467 e. The SMILES string of the molecule is N=C1CCCCCN1Cc1ccco1. The minimum atomic E-state index is 0.756. The van der Waals surface area contributed by atoms with Crippen LogP contribution in [0.25, 0.3) is 0 Å². The standard InChI is InChI=1S/C11H16N2O/c12-11-6-2-1-3-7-13(11)9-10-5-4-8-14-10/h4-5,8,12H,1-3,6-7,9H2. The first-order chi connectivity index (χ1) is 6.86. The van der Waals surface area contributed by atoms with E-state index in [-0.39, 0.29) is 0 Å². The van der Waals surface area contributed by atoms with E-state index in [1.54, 1.807) is 6.26 Å². The molecule has 1 N–H and O–H groups in total. The topological polar surface area (TPSA) is 40.2 Å². The Kier molecular flexibility index (Phi) is 2.87. The average molecular weight is 192 g/mol. The highest BCUT2D eigenvalue weighted by atomic mass is 16.3. The van der Waals surface area contributed by atoms with Crippen LogP contribution in [0, 0.1) is 5.41 Å². The molecule has 1 fully saturated rings. The van der Waals surface area contributed by atoms with E-state index in [0.29, 0.717) is 0 Å². The van der Waals surface area contributed by atoms with Gasteiger partial charge in [-0.2, -0.15) is 0 Å². The fraction of sp³-hybridized carbons (Fsp3) is 0.545. The van der Waals surface area contributed by atoms with Crippen LogP contribution in [0.1, 0.15) is 31.4 Å². The highest BCUT2D eigenvalue weighted by Crippen LogP contribution is 2.14. The van der Waals surface area contributed by atoms with Crippen molar-refractivity contribution in [3.05, 3.63) is 24.2 Å². The Morgan fingerprint density at radius 1 is 1.36 bits per heavy atom. The molecule has 0 aromatic carbocycles. The van der Waals surface area contributed by atoms with Crippen molar-refractivity contribution in [1.82, 2.24) is 4.90 Å². The monoisotopic (exact) mass is 192 g/mol. The Bertz CT molecular complexity index is 292. The van der Waals surface area contributed by atoms with Crippen LogP contribution >= 0.6 is 0 Å². The summed E-state index contributed by atoms with van der Waals surface area (Å²) >= 11 is 0. The van der Waals surface area contributed by atoms with Crippen molar-refractivity contribution in [3.8, 4) is 0 Å². The lowest BCUT2D eigenvalue weighted by atomic mass is 10.2. The third-order valence-electron chi connectivity index (χ3n) is 2.65. The van der Waals surface area contributed by atoms with Crippen LogP contribution in [0.5, 0.6) is 0 Å². The maximum absolute atomic E-state index is 7.87. The first-order valence-corrected chi connectivity index (χ1v) is 5.21. The van der Waals surface area contributed by atoms with E-state index in [9.17, 15) is 0 Å². The van der Waals surface area contributed by atoms with Crippen molar-refractivity contribution >= 4 is 5.84 Å². The van der Waals surface area contributed by atoms with Gasteiger partial charge < -0.3 is 9.32 Å². The van der Waals surface area contributed by atoms with Crippen LogP contribution in [-0.2, 0) is 6.54 Å². The van der Waals surface area contributed by atoms with Gasteiger partial charge in [0.2, 0.25) is 0 Å². The predicted octanol–water partition coefficient (Wildman–Crippen LogP) is 2.63. The second-order valence-electron chi connectivity index (χ2n) is 3.76. The molecular formula is C11H16N2O. The zero-order chi connectivity index (χ0) is 9.80. The van der Waals surface area contributed by atoms with Gasteiger partial charge in [-0.25, -0.2) is 0 Å². The number of nitrogens with zero attached hydrogens (tertiary/aromatic N) is 1. The number of nitrogens with one attached hydrogen (secondary N) is 1. The van der Waals surface area contributed by atoms with Crippen molar-refractivity contribution in [2.24, 2.45) is 0 Å². The fourth-order valence-electron chi connectivity index (χ4n) is 1.83. The number of furan rings is 1. The van der Waals surface area contributed by atoms with E-state index < -0.39 is 0 Å². The van der Waals surface area contributed by atoms with Gasteiger partial charge >= 0.3 is 0 Å². The Morgan fingerprint density at radius 2 is 2.29 bits per heavy atom. The highest BCUT2D eigenvalue weighted by molar-refractivity contribution is 5.79. The lowest BCUT2D eigenvalue weighted by molar-refractivity contribution is 0.357. The van der Waals surface area contributed by atoms with Crippen LogP contribution in [0.3, 0.4) is 0 Å². The van der Waals surface area contributed by atoms with Gasteiger partial charge in [-0.3, -0.25) is 5.41 Å². The quantitative estimate of drug-likeness (QED) is 0.782. The molecule has 1 saturated heterocycles. The molecule has 76 valence electrons. The summed E-state index contributed by atoms with van der Waals surface area (Å²) in [4.78, 5) is 2.12. The Labute approximate surface area is 84.2 Å². The number of likely N-dealkylation sites (tertiary alicyclic amines) is 1. The molecule has 0 unspecified atom stereocenters. The highest BCUT2D eigenvalue weighted by Gasteiger charge is 2.14. The molecule has 0 saturated carbocycles.